The van der Waals surface area contributed by atoms with Crippen molar-refractivity contribution in [3.63, 3.8) is 0 Å². The zero-order chi connectivity index (χ0) is 18.4. The molecular weight excluding hydrogens is 344 g/mol. The molecule has 2 aromatic rings. The number of piperidine rings is 1. The van der Waals surface area contributed by atoms with Crippen LogP contribution in [0.5, 0.6) is 0 Å². The van der Waals surface area contributed by atoms with E-state index in [2.05, 4.69) is 9.88 Å². The van der Waals surface area contributed by atoms with Crippen molar-refractivity contribution in [3.05, 3.63) is 28.2 Å². The van der Waals surface area contributed by atoms with Crippen molar-refractivity contribution in [2.75, 3.05) is 31.2 Å². The van der Waals surface area contributed by atoms with E-state index < -0.39 is 5.79 Å². The first kappa shape index (κ1) is 17.1. The lowest BCUT2D eigenvalue weighted by Gasteiger charge is -2.37. The number of ether oxygens (including phenoxy) is 2. The van der Waals surface area contributed by atoms with E-state index in [1.165, 1.54) is 12.8 Å². The van der Waals surface area contributed by atoms with Crippen molar-refractivity contribution >= 4 is 17.0 Å². The molecule has 144 valence electrons. The number of fused-ring (bicyclic) bond motifs is 1. The van der Waals surface area contributed by atoms with Crippen molar-refractivity contribution in [3.8, 4) is 0 Å². The SMILES string of the molecule is Cc1cc(=O)n(C2CCCC2)c2nc(N3CCC4(CC3)OCCO4)ncc12. The average molecular weight is 370 g/mol. The molecule has 2 aromatic heterocycles. The van der Waals surface area contributed by atoms with Gasteiger partial charge in [0, 0.05) is 49.6 Å². The van der Waals surface area contributed by atoms with E-state index in [0.717, 1.165) is 55.4 Å². The minimum atomic E-state index is -0.407. The van der Waals surface area contributed by atoms with Crippen LogP contribution in [0.15, 0.2) is 17.1 Å². The Morgan fingerprint density at radius 3 is 2.56 bits per heavy atom. The molecule has 0 radical (unpaired) electrons. The molecule has 3 fully saturated rings. The maximum Gasteiger partial charge on any atom is 0.252 e. The Kier molecular flexibility index (Phi) is 4.16. The number of hydrogen-bond donors (Lipinski definition) is 0. The summed E-state index contributed by atoms with van der Waals surface area (Å²) in [6, 6.07) is 1.98. The van der Waals surface area contributed by atoms with Gasteiger partial charge in [-0.05, 0) is 25.3 Å². The van der Waals surface area contributed by atoms with Crippen LogP contribution in [0.2, 0.25) is 0 Å². The second-order valence-electron chi connectivity index (χ2n) is 7.98. The van der Waals surface area contributed by atoms with Crippen LogP contribution in [-0.2, 0) is 9.47 Å². The van der Waals surface area contributed by atoms with Gasteiger partial charge in [-0.3, -0.25) is 9.36 Å². The second-order valence-corrected chi connectivity index (χ2v) is 7.98. The molecule has 7 nitrogen and oxygen atoms in total. The van der Waals surface area contributed by atoms with Crippen LogP contribution in [0.4, 0.5) is 5.95 Å². The summed E-state index contributed by atoms with van der Waals surface area (Å²) >= 11 is 0. The molecule has 0 aromatic carbocycles. The fourth-order valence-electron chi connectivity index (χ4n) is 4.76. The van der Waals surface area contributed by atoms with Gasteiger partial charge in [0.2, 0.25) is 5.95 Å². The van der Waals surface area contributed by atoms with Crippen molar-refractivity contribution in [2.45, 2.75) is 57.3 Å². The van der Waals surface area contributed by atoms with Crippen molar-refractivity contribution in [1.29, 1.82) is 0 Å². The molecule has 27 heavy (non-hydrogen) atoms. The molecule has 5 rings (SSSR count). The zero-order valence-corrected chi connectivity index (χ0v) is 15.8. The lowest BCUT2D eigenvalue weighted by Crippen LogP contribution is -2.45. The third-order valence-electron chi connectivity index (χ3n) is 6.30. The molecule has 0 unspecified atom stereocenters. The monoisotopic (exact) mass is 370 g/mol. The van der Waals surface area contributed by atoms with Gasteiger partial charge >= 0.3 is 0 Å². The fraction of sp³-hybridized carbons (Fsp3) is 0.650. The maximum absolute atomic E-state index is 12.8. The Balaban J connectivity index is 1.51. The van der Waals surface area contributed by atoms with Crippen molar-refractivity contribution in [1.82, 2.24) is 14.5 Å². The minimum Gasteiger partial charge on any atom is -0.347 e. The number of pyridine rings is 1. The molecular formula is C20H26N4O3. The maximum atomic E-state index is 12.8. The zero-order valence-electron chi connectivity index (χ0n) is 15.8. The van der Waals surface area contributed by atoms with Gasteiger partial charge in [0.15, 0.2) is 5.79 Å². The number of anilines is 1. The Labute approximate surface area is 158 Å². The predicted molar refractivity (Wildman–Crippen MR) is 102 cm³/mol. The Morgan fingerprint density at radius 2 is 1.85 bits per heavy atom. The molecule has 0 N–H and O–H groups in total. The van der Waals surface area contributed by atoms with E-state index >= 15 is 0 Å². The van der Waals surface area contributed by atoms with Crippen LogP contribution in [0.25, 0.3) is 11.0 Å². The quantitative estimate of drug-likeness (QED) is 0.809. The Morgan fingerprint density at radius 1 is 1.15 bits per heavy atom. The number of rotatable bonds is 2. The summed E-state index contributed by atoms with van der Waals surface area (Å²) in [5.74, 6) is 0.294. The lowest BCUT2D eigenvalue weighted by atomic mass is 10.0. The van der Waals surface area contributed by atoms with Gasteiger partial charge in [-0.2, -0.15) is 4.98 Å². The van der Waals surface area contributed by atoms with Gasteiger partial charge in [-0.1, -0.05) is 12.8 Å². The van der Waals surface area contributed by atoms with Crippen LogP contribution in [0, 0.1) is 6.92 Å². The van der Waals surface area contributed by atoms with E-state index in [9.17, 15) is 4.79 Å². The molecule has 4 heterocycles. The summed E-state index contributed by atoms with van der Waals surface area (Å²) < 4.78 is 13.5. The molecule has 1 saturated carbocycles. The Bertz CT molecular complexity index is 903. The molecule has 0 atom stereocenters. The van der Waals surface area contributed by atoms with E-state index in [-0.39, 0.29) is 11.6 Å². The van der Waals surface area contributed by atoms with E-state index in [0.29, 0.717) is 19.2 Å². The van der Waals surface area contributed by atoms with Crippen LogP contribution >= 0.6 is 0 Å². The van der Waals surface area contributed by atoms with Crippen LogP contribution < -0.4 is 10.5 Å². The summed E-state index contributed by atoms with van der Waals surface area (Å²) in [6.07, 6.45) is 7.98. The van der Waals surface area contributed by atoms with E-state index in [1.807, 2.05) is 17.7 Å². The molecule has 1 aliphatic carbocycles. The topological polar surface area (TPSA) is 69.5 Å². The molecule has 0 bridgehead atoms. The highest BCUT2D eigenvalue weighted by atomic mass is 16.7. The Hall–Kier alpha value is -1.99. The largest absolute Gasteiger partial charge is 0.347 e. The summed E-state index contributed by atoms with van der Waals surface area (Å²) in [4.78, 5) is 24.4. The highest BCUT2D eigenvalue weighted by Crippen LogP contribution is 2.34. The van der Waals surface area contributed by atoms with Crippen LogP contribution in [0.1, 0.15) is 50.1 Å². The molecule has 2 aliphatic heterocycles. The molecule has 3 aliphatic rings. The molecule has 1 spiro atoms. The third kappa shape index (κ3) is 2.93. The van der Waals surface area contributed by atoms with Crippen molar-refractivity contribution in [2.24, 2.45) is 0 Å². The van der Waals surface area contributed by atoms with Crippen molar-refractivity contribution < 1.29 is 9.47 Å². The third-order valence-corrected chi connectivity index (χ3v) is 6.30. The van der Waals surface area contributed by atoms with Gasteiger partial charge in [0.25, 0.3) is 5.56 Å². The lowest BCUT2D eigenvalue weighted by molar-refractivity contribution is -0.169. The smallest absolute Gasteiger partial charge is 0.252 e. The van der Waals surface area contributed by atoms with E-state index in [4.69, 9.17) is 14.5 Å². The first-order valence-corrected chi connectivity index (χ1v) is 10.1. The number of nitrogens with zero attached hydrogens (tertiary/aromatic N) is 4. The number of hydrogen-bond acceptors (Lipinski definition) is 6. The molecule has 7 heteroatoms. The fourth-order valence-corrected chi connectivity index (χ4v) is 4.76. The first-order chi connectivity index (χ1) is 13.2. The molecule has 2 saturated heterocycles. The summed E-state index contributed by atoms with van der Waals surface area (Å²) in [5.41, 5.74) is 1.79. The predicted octanol–water partition coefficient (Wildman–Crippen LogP) is 2.56. The highest BCUT2D eigenvalue weighted by molar-refractivity contribution is 5.79. The first-order valence-electron chi connectivity index (χ1n) is 10.1. The van der Waals surface area contributed by atoms with Crippen LogP contribution in [-0.4, -0.2) is 46.6 Å². The number of aryl methyl sites for hydroxylation is 1. The highest BCUT2D eigenvalue weighted by Gasteiger charge is 2.40. The van der Waals surface area contributed by atoms with Gasteiger partial charge in [-0.15, -0.1) is 0 Å². The van der Waals surface area contributed by atoms with Gasteiger partial charge in [-0.25, -0.2) is 4.98 Å². The summed E-state index contributed by atoms with van der Waals surface area (Å²) in [5, 5.41) is 0.973. The van der Waals surface area contributed by atoms with E-state index in [1.54, 1.807) is 6.07 Å². The summed E-state index contributed by atoms with van der Waals surface area (Å²) in [6.45, 7) is 4.92. The van der Waals surface area contributed by atoms with Gasteiger partial charge < -0.3 is 14.4 Å². The summed E-state index contributed by atoms with van der Waals surface area (Å²) in [7, 11) is 0. The van der Waals surface area contributed by atoms with Crippen LogP contribution in [0.3, 0.4) is 0 Å². The van der Waals surface area contributed by atoms with Gasteiger partial charge in [0.05, 0.1) is 13.2 Å². The second kappa shape index (κ2) is 6.56. The van der Waals surface area contributed by atoms with Gasteiger partial charge in [0.1, 0.15) is 5.65 Å². The average Bonchev–Trinajstić information content (AvgIpc) is 3.35. The number of aromatic nitrogens is 3. The molecule has 0 amide bonds. The standard InChI is InChI=1S/C20H26N4O3/c1-14-12-17(25)24(15-4-2-3-5-15)18-16(14)13-21-19(22-18)23-8-6-20(7-9-23)26-10-11-27-20/h12-13,15H,2-11H2,1H3. The minimum absolute atomic E-state index is 0.0573. The normalized spacial score (nSPS) is 22.9.